The number of carbonyl (C=O) groups is 2. The summed E-state index contributed by atoms with van der Waals surface area (Å²) in [6, 6.07) is 26.5. The van der Waals surface area contributed by atoms with Gasteiger partial charge in [-0.25, -0.2) is 4.79 Å². The Kier molecular flexibility index (Phi) is 6.32. The van der Waals surface area contributed by atoms with Crippen LogP contribution in [0.25, 0.3) is 0 Å². The lowest BCUT2D eigenvalue weighted by atomic mass is 9.90. The van der Waals surface area contributed by atoms with Gasteiger partial charge in [0.1, 0.15) is 0 Å². The zero-order chi connectivity index (χ0) is 23.5. The molecule has 34 heavy (non-hydrogen) atoms. The quantitative estimate of drug-likeness (QED) is 0.554. The van der Waals surface area contributed by atoms with Gasteiger partial charge in [-0.05, 0) is 42.2 Å². The Balaban J connectivity index is 1.32. The molecule has 0 spiro atoms. The Morgan fingerprint density at radius 3 is 2.47 bits per heavy atom. The molecule has 1 fully saturated rings. The summed E-state index contributed by atoms with van der Waals surface area (Å²) in [6.07, 6.45) is 1.84. The lowest BCUT2D eigenvalue weighted by Gasteiger charge is -2.45. The third kappa shape index (κ3) is 4.68. The van der Waals surface area contributed by atoms with E-state index in [9.17, 15) is 9.59 Å². The second kappa shape index (κ2) is 9.69. The second-order valence-corrected chi connectivity index (χ2v) is 9.13. The predicted octanol–water partition coefficient (Wildman–Crippen LogP) is 5.25. The van der Waals surface area contributed by atoms with Crippen LogP contribution in [0.4, 0.5) is 16.2 Å². The lowest BCUT2D eigenvalue weighted by Crippen LogP contribution is -2.52. The third-order valence-electron chi connectivity index (χ3n) is 6.73. The van der Waals surface area contributed by atoms with Crippen molar-refractivity contribution in [3.8, 4) is 0 Å². The van der Waals surface area contributed by atoms with Crippen LogP contribution < -0.4 is 10.6 Å². The molecule has 0 radical (unpaired) electrons. The number of amides is 3. The minimum Gasteiger partial charge on any atom is -0.326 e. The van der Waals surface area contributed by atoms with Crippen LogP contribution in [-0.4, -0.2) is 40.9 Å². The van der Waals surface area contributed by atoms with Gasteiger partial charge in [0.05, 0.1) is 6.04 Å². The van der Waals surface area contributed by atoms with Crippen molar-refractivity contribution in [2.24, 2.45) is 0 Å². The van der Waals surface area contributed by atoms with Gasteiger partial charge in [-0.2, -0.15) is 0 Å². The first-order chi connectivity index (χ1) is 16.6. The fourth-order valence-electron chi connectivity index (χ4n) is 5.21. The Hall–Kier alpha value is -3.64. The van der Waals surface area contributed by atoms with Gasteiger partial charge in [-0.3, -0.25) is 9.69 Å². The molecule has 0 saturated carbocycles. The van der Waals surface area contributed by atoms with Crippen molar-refractivity contribution in [1.82, 2.24) is 9.80 Å². The number of rotatable bonds is 5. The number of anilines is 2. The SMILES string of the molecule is CC(=O)Nc1cccc(CN2CCC(N3C(=O)Nc4ccccc4C3c3ccccc3)CC2)c1. The van der Waals surface area contributed by atoms with Crippen molar-refractivity contribution >= 4 is 23.3 Å². The summed E-state index contributed by atoms with van der Waals surface area (Å²) < 4.78 is 0. The number of hydrogen-bond donors (Lipinski definition) is 2. The molecule has 5 rings (SSSR count). The van der Waals surface area contributed by atoms with Gasteiger partial charge < -0.3 is 15.5 Å². The van der Waals surface area contributed by atoms with E-state index in [0.717, 1.165) is 55.0 Å². The van der Waals surface area contributed by atoms with Crippen LogP contribution in [0.15, 0.2) is 78.9 Å². The smallest absolute Gasteiger partial charge is 0.322 e. The van der Waals surface area contributed by atoms with E-state index in [0.29, 0.717) is 0 Å². The first-order valence-electron chi connectivity index (χ1n) is 11.9. The standard InChI is InChI=1S/C28H30N4O2/c1-20(33)29-23-11-7-8-21(18-23)19-31-16-14-24(15-17-31)32-27(22-9-3-2-4-10-22)25-12-5-6-13-26(25)30-28(32)34/h2-13,18,24,27H,14-17,19H2,1H3,(H,29,33)(H,30,34). The van der Waals surface area contributed by atoms with Crippen LogP contribution in [0.5, 0.6) is 0 Å². The summed E-state index contributed by atoms with van der Waals surface area (Å²) >= 11 is 0. The monoisotopic (exact) mass is 454 g/mol. The summed E-state index contributed by atoms with van der Waals surface area (Å²) in [7, 11) is 0. The highest BCUT2D eigenvalue weighted by atomic mass is 16.2. The molecular weight excluding hydrogens is 424 g/mol. The molecule has 0 aliphatic carbocycles. The summed E-state index contributed by atoms with van der Waals surface area (Å²) in [5.74, 6) is -0.0627. The van der Waals surface area contributed by atoms with Crippen molar-refractivity contribution in [2.45, 2.75) is 38.4 Å². The molecule has 6 nitrogen and oxygen atoms in total. The van der Waals surface area contributed by atoms with E-state index >= 15 is 0 Å². The van der Waals surface area contributed by atoms with Gasteiger partial charge in [-0.15, -0.1) is 0 Å². The summed E-state index contributed by atoms with van der Waals surface area (Å²) in [5.41, 5.74) is 5.19. The van der Waals surface area contributed by atoms with Gasteiger partial charge in [0.15, 0.2) is 0 Å². The second-order valence-electron chi connectivity index (χ2n) is 9.13. The number of benzene rings is 3. The number of para-hydroxylation sites is 1. The fraction of sp³-hybridized carbons (Fsp3) is 0.286. The number of nitrogens with one attached hydrogen (secondary N) is 2. The van der Waals surface area contributed by atoms with E-state index < -0.39 is 0 Å². The summed E-state index contributed by atoms with van der Waals surface area (Å²) in [5, 5.41) is 5.98. The van der Waals surface area contributed by atoms with Crippen molar-refractivity contribution in [3.63, 3.8) is 0 Å². The predicted molar refractivity (Wildman–Crippen MR) is 135 cm³/mol. The van der Waals surface area contributed by atoms with E-state index in [1.807, 2.05) is 54.6 Å². The van der Waals surface area contributed by atoms with Crippen molar-refractivity contribution in [2.75, 3.05) is 23.7 Å². The zero-order valence-corrected chi connectivity index (χ0v) is 19.4. The molecule has 0 aromatic heterocycles. The Bertz CT molecular complexity index is 1170. The molecule has 3 aromatic carbocycles. The summed E-state index contributed by atoms with van der Waals surface area (Å²) in [6.45, 7) is 4.19. The number of hydrogen-bond acceptors (Lipinski definition) is 3. The van der Waals surface area contributed by atoms with Gasteiger partial charge in [-0.1, -0.05) is 60.7 Å². The average molecular weight is 455 g/mol. The highest BCUT2D eigenvalue weighted by molar-refractivity contribution is 5.94. The van der Waals surface area contributed by atoms with E-state index in [4.69, 9.17) is 0 Å². The molecule has 1 atom stereocenters. The van der Waals surface area contributed by atoms with Crippen LogP contribution in [0.1, 0.15) is 42.5 Å². The first-order valence-corrected chi connectivity index (χ1v) is 11.9. The van der Waals surface area contributed by atoms with Crippen LogP contribution >= 0.6 is 0 Å². The number of fused-ring (bicyclic) bond motifs is 1. The highest BCUT2D eigenvalue weighted by Gasteiger charge is 2.39. The van der Waals surface area contributed by atoms with Crippen LogP contribution in [0.2, 0.25) is 0 Å². The molecule has 3 aromatic rings. The number of carbonyl (C=O) groups excluding carboxylic acids is 2. The molecule has 1 saturated heterocycles. The van der Waals surface area contributed by atoms with Gasteiger partial charge in [0.2, 0.25) is 5.91 Å². The number of nitrogens with zero attached hydrogens (tertiary/aromatic N) is 2. The maximum Gasteiger partial charge on any atom is 0.322 e. The van der Waals surface area contributed by atoms with Crippen molar-refractivity contribution < 1.29 is 9.59 Å². The number of urea groups is 1. The maximum absolute atomic E-state index is 13.3. The van der Waals surface area contributed by atoms with E-state index in [1.165, 1.54) is 12.5 Å². The Morgan fingerprint density at radius 2 is 1.71 bits per heavy atom. The van der Waals surface area contributed by atoms with Crippen LogP contribution in [0, 0.1) is 0 Å². The van der Waals surface area contributed by atoms with Gasteiger partial charge in [0, 0.05) is 49.5 Å². The van der Waals surface area contributed by atoms with Crippen LogP contribution in [0.3, 0.4) is 0 Å². The van der Waals surface area contributed by atoms with Crippen molar-refractivity contribution in [1.29, 1.82) is 0 Å². The molecule has 2 N–H and O–H groups in total. The highest BCUT2D eigenvalue weighted by Crippen LogP contribution is 2.40. The normalized spacial score (nSPS) is 18.8. The van der Waals surface area contributed by atoms with E-state index in [1.54, 1.807) is 0 Å². The molecule has 6 heteroatoms. The van der Waals surface area contributed by atoms with Crippen LogP contribution in [-0.2, 0) is 11.3 Å². The molecule has 2 heterocycles. The molecule has 3 amide bonds. The zero-order valence-electron chi connectivity index (χ0n) is 19.4. The van der Waals surface area contributed by atoms with Crippen molar-refractivity contribution in [3.05, 3.63) is 95.6 Å². The minimum absolute atomic E-state index is 0.0194. The Morgan fingerprint density at radius 1 is 0.971 bits per heavy atom. The average Bonchev–Trinajstić information content (AvgIpc) is 2.84. The van der Waals surface area contributed by atoms with E-state index in [-0.39, 0.29) is 24.0 Å². The largest absolute Gasteiger partial charge is 0.326 e. The molecule has 2 aliphatic heterocycles. The van der Waals surface area contributed by atoms with Gasteiger partial charge >= 0.3 is 6.03 Å². The van der Waals surface area contributed by atoms with Gasteiger partial charge in [0.25, 0.3) is 0 Å². The van der Waals surface area contributed by atoms with E-state index in [2.05, 4.69) is 44.7 Å². The molecule has 0 bridgehead atoms. The lowest BCUT2D eigenvalue weighted by molar-refractivity contribution is -0.114. The summed E-state index contributed by atoms with van der Waals surface area (Å²) in [4.78, 5) is 29.2. The molecule has 1 unspecified atom stereocenters. The number of piperidine rings is 1. The third-order valence-corrected chi connectivity index (χ3v) is 6.73. The topological polar surface area (TPSA) is 64.7 Å². The Labute approximate surface area is 200 Å². The maximum atomic E-state index is 13.3. The minimum atomic E-state index is -0.0861. The molecule has 2 aliphatic rings. The first kappa shape index (κ1) is 22.2. The molecular formula is C28H30N4O2. The number of likely N-dealkylation sites (tertiary alicyclic amines) is 1. The fourth-order valence-corrected chi connectivity index (χ4v) is 5.21. The molecule has 174 valence electrons.